The highest BCUT2D eigenvalue weighted by molar-refractivity contribution is 6.03. The van der Waals surface area contributed by atoms with E-state index in [0.29, 0.717) is 11.4 Å². The molecule has 0 aliphatic carbocycles. The Bertz CT molecular complexity index is 907. The lowest BCUT2D eigenvalue weighted by atomic mass is 10.0. The Kier molecular flexibility index (Phi) is 11.1. The molecular formula is C24H35N5O3. The molecule has 4 N–H and O–H groups in total. The lowest BCUT2D eigenvalue weighted by Crippen LogP contribution is -2.42. The van der Waals surface area contributed by atoms with Gasteiger partial charge in [-0.05, 0) is 49.6 Å². The summed E-state index contributed by atoms with van der Waals surface area (Å²) in [6.45, 7) is 9.48. The lowest BCUT2D eigenvalue weighted by Gasteiger charge is -2.25. The molecule has 32 heavy (non-hydrogen) atoms. The number of nitrogens with one attached hydrogen (secondary N) is 1. The highest BCUT2D eigenvalue weighted by atomic mass is 16.3. The van der Waals surface area contributed by atoms with Crippen molar-refractivity contribution in [1.29, 1.82) is 0 Å². The van der Waals surface area contributed by atoms with E-state index in [-0.39, 0.29) is 36.3 Å². The van der Waals surface area contributed by atoms with Gasteiger partial charge in [-0.3, -0.25) is 19.5 Å². The van der Waals surface area contributed by atoms with Crippen LogP contribution in [0.3, 0.4) is 0 Å². The van der Waals surface area contributed by atoms with Crippen molar-refractivity contribution in [3.05, 3.63) is 59.4 Å². The molecule has 0 radical (unpaired) electrons. The molecule has 2 amide bonds. The van der Waals surface area contributed by atoms with E-state index in [1.165, 1.54) is 4.90 Å². The summed E-state index contributed by atoms with van der Waals surface area (Å²) >= 11 is 0. The molecule has 2 aromatic rings. The molecule has 1 atom stereocenters. The third kappa shape index (κ3) is 8.11. The molecule has 1 unspecified atom stereocenters. The van der Waals surface area contributed by atoms with Gasteiger partial charge in [-0.15, -0.1) is 0 Å². The van der Waals surface area contributed by atoms with Gasteiger partial charge in [0.1, 0.15) is 5.69 Å². The molecule has 8 heteroatoms. The molecule has 0 saturated carbocycles. The summed E-state index contributed by atoms with van der Waals surface area (Å²) in [7, 11) is 1.60. The number of carbonyl (C=O) groups excluding carboxylic acids is 2. The molecule has 0 fully saturated rings. The van der Waals surface area contributed by atoms with Crippen LogP contribution in [0.4, 0.5) is 5.69 Å². The van der Waals surface area contributed by atoms with E-state index in [0.717, 1.165) is 17.5 Å². The fourth-order valence-electron chi connectivity index (χ4n) is 2.70. The Morgan fingerprint density at radius 2 is 1.94 bits per heavy atom. The van der Waals surface area contributed by atoms with Gasteiger partial charge >= 0.3 is 0 Å². The number of aromatic nitrogens is 1. The second-order valence-electron chi connectivity index (χ2n) is 7.24. The van der Waals surface area contributed by atoms with E-state index in [9.17, 15) is 9.59 Å². The molecule has 2 heterocycles. The van der Waals surface area contributed by atoms with Gasteiger partial charge in [0.2, 0.25) is 5.91 Å². The van der Waals surface area contributed by atoms with Gasteiger partial charge in [-0.2, -0.15) is 0 Å². The van der Waals surface area contributed by atoms with Crippen molar-refractivity contribution < 1.29 is 14.7 Å². The summed E-state index contributed by atoms with van der Waals surface area (Å²) < 4.78 is 0. The Hall–Kier alpha value is -3.26. The molecule has 0 spiro atoms. The number of aliphatic hydroxyl groups is 1. The van der Waals surface area contributed by atoms with Crippen LogP contribution >= 0.6 is 0 Å². The minimum atomic E-state index is -0.350. The molecule has 1 aromatic heterocycles. The first-order chi connectivity index (χ1) is 15.2. The van der Waals surface area contributed by atoms with Gasteiger partial charge in [0, 0.05) is 25.0 Å². The Labute approximate surface area is 190 Å². The maximum absolute atomic E-state index is 12.4. The maximum Gasteiger partial charge on any atom is 0.274 e. The largest absolute Gasteiger partial charge is 0.394 e. The minimum Gasteiger partial charge on any atom is -0.394 e. The zero-order valence-electron chi connectivity index (χ0n) is 19.8. The van der Waals surface area contributed by atoms with Gasteiger partial charge in [-0.25, -0.2) is 4.99 Å². The summed E-state index contributed by atoms with van der Waals surface area (Å²) in [4.78, 5) is 34.2. The number of nitrogens with two attached hydrogens (primary N) is 1. The molecule has 8 nitrogen and oxygen atoms in total. The summed E-state index contributed by atoms with van der Waals surface area (Å²) in [6, 6.07) is 10.5. The molecule has 1 aliphatic rings. The first-order valence-corrected chi connectivity index (χ1v) is 10.8. The van der Waals surface area contributed by atoms with Crippen molar-refractivity contribution in [3.8, 4) is 0 Å². The lowest BCUT2D eigenvalue weighted by molar-refractivity contribution is -0.127. The van der Waals surface area contributed by atoms with Crippen molar-refractivity contribution in [2.24, 2.45) is 10.7 Å². The number of anilines is 1. The summed E-state index contributed by atoms with van der Waals surface area (Å²) in [5.74, 6) is -0.176. The van der Waals surface area contributed by atoms with Crippen LogP contribution in [-0.2, 0) is 11.2 Å². The van der Waals surface area contributed by atoms with E-state index in [1.54, 1.807) is 45.3 Å². The topological polar surface area (TPSA) is 121 Å². The zero-order chi connectivity index (χ0) is 24.3. The van der Waals surface area contributed by atoms with Gasteiger partial charge < -0.3 is 16.2 Å². The van der Waals surface area contributed by atoms with Crippen LogP contribution in [0.15, 0.2) is 47.6 Å². The number of nitrogens with zero attached hydrogens (tertiary/aromatic N) is 3. The maximum atomic E-state index is 12.4. The van der Waals surface area contributed by atoms with E-state index in [1.807, 2.05) is 39.0 Å². The van der Waals surface area contributed by atoms with Crippen LogP contribution < -0.4 is 11.1 Å². The van der Waals surface area contributed by atoms with Crippen molar-refractivity contribution in [2.45, 2.75) is 59.6 Å². The van der Waals surface area contributed by atoms with Crippen LogP contribution in [0.2, 0.25) is 0 Å². The fraction of sp³-hybridized carbons (Fsp3) is 0.417. The zero-order valence-corrected chi connectivity index (χ0v) is 19.8. The molecule has 174 valence electrons. The van der Waals surface area contributed by atoms with E-state index < -0.39 is 0 Å². The normalized spacial score (nSPS) is 15.1. The van der Waals surface area contributed by atoms with Gasteiger partial charge in [0.05, 0.1) is 12.5 Å². The summed E-state index contributed by atoms with van der Waals surface area (Å²) in [5.41, 5.74) is 8.66. The van der Waals surface area contributed by atoms with E-state index in [4.69, 9.17) is 10.8 Å². The Morgan fingerprint density at radius 3 is 2.47 bits per heavy atom. The standard InChI is InChI=1S/C19H21N5O2.C3H8O.C2H6/c1-3-12-7-8-15(21-11-12)18(26)22-14-6-4-5-13(9-14)16-10-17(25)24(2)19(20)23-16;1-3(2)4;1-2/h4-9,11,16H,3,10H2,1-2H3,(H2,20,23)(H,22,26);3-4H,1-2H3;1-2H3. The molecule has 1 aliphatic heterocycles. The highest BCUT2D eigenvalue weighted by Gasteiger charge is 2.25. The monoisotopic (exact) mass is 441 g/mol. The third-order valence-corrected chi connectivity index (χ3v) is 4.37. The average molecular weight is 442 g/mol. The number of amides is 2. The number of carbonyl (C=O) groups is 2. The van der Waals surface area contributed by atoms with Gasteiger partial charge in [0.25, 0.3) is 5.91 Å². The third-order valence-electron chi connectivity index (χ3n) is 4.37. The minimum absolute atomic E-state index is 0.0860. The average Bonchev–Trinajstić information content (AvgIpc) is 2.78. The molecule has 1 aromatic carbocycles. The number of pyridine rings is 1. The van der Waals surface area contributed by atoms with Crippen molar-refractivity contribution >= 4 is 23.5 Å². The van der Waals surface area contributed by atoms with E-state index >= 15 is 0 Å². The highest BCUT2D eigenvalue weighted by Crippen LogP contribution is 2.27. The van der Waals surface area contributed by atoms with E-state index in [2.05, 4.69) is 15.3 Å². The Morgan fingerprint density at radius 1 is 1.28 bits per heavy atom. The first kappa shape index (κ1) is 26.8. The number of hydrogen-bond acceptors (Lipinski definition) is 6. The number of rotatable bonds is 4. The van der Waals surface area contributed by atoms with Crippen molar-refractivity contribution in [3.63, 3.8) is 0 Å². The smallest absolute Gasteiger partial charge is 0.274 e. The van der Waals surface area contributed by atoms with Crippen LogP contribution in [0, 0.1) is 0 Å². The second kappa shape index (κ2) is 13.2. The van der Waals surface area contributed by atoms with Gasteiger partial charge in [-0.1, -0.05) is 39.0 Å². The Balaban J connectivity index is 0.000000769. The van der Waals surface area contributed by atoms with Crippen molar-refractivity contribution in [2.75, 3.05) is 12.4 Å². The fourth-order valence-corrected chi connectivity index (χ4v) is 2.70. The number of aliphatic imine (C=N–C) groups is 1. The summed E-state index contributed by atoms with van der Waals surface area (Å²) in [5, 5.41) is 10.9. The SMILES string of the molecule is CC.CC(C)O.CCc1ccc(C(=O)Nc2cccc(C3CC(=O)N(C)C(N)=N3)c2)nc1. The predicted octanol–water partition coefficient (Wildman–Crippen LogP) is 3.53. The number of guanidine groups is 1. The quantitative estimate of drug-likeness (QED) is 0.670. The van der Waals surface area contributed by atoms with Crippen molar-refractivity contribution in [1.82, 2.24) is 9.88 Å². The van der Waals surface area contributed by atoms with Crippen LogP contribution in [-0.4, -0.2) is 45.9 Å². The second-order valence-corrected chi connectivity index (χ2v) is 7.24. The van der Waals surface area contributed by atoms with Crippen LogP contribution in [0.25, 0.3) is 0 Å². The number of hydrogen-bond donors (Lipinski definition) is 3. The van der Waals surface area contributed by atoms with Crippen LogP contribution in [0.1, 0.15) is 68.7 Å². The number of benzene rings is 1. The van der Waals surface area contributed by atoms with Gasteiger partial charge in [0.15, 0.2) is 5.96 Å². The number of aryl methyl sites for hydroxylation is 1. The molecule has 0 saturated heterocycles. The number of aliphatic hydroxyl groups excluding tert-OH is 1. The molecular weight excluding hydrogens is 406 g/mol. The van der Waals surface area contributed by atoms with Crippen LogP contribution in [0.5, 0.6) is 0 Å². The molecule has 0 bridgehead atoms. The predicted molar refractivity (Wildman–Crippen MR) is 128 cm³/mol. The summed E-state index contributed by atoms with van der Waals surface area (Å²) in [6.07, 6.45) is 2.65. The first-order valence-electron chi connectivity index (χ1n) is 10.8. The molecule has 3 rings (SSSR count).